The van der Waals surface area contributed by atoms with Crippen molar-refractivity contribution in [1.29, 1.82) is 0 Å². The highest BCUT2D eigenvalue weighted by molar-refractivity contribution is 7.89. The Morgan fingerprint density at radius 3 is 2.70 bits per heavy atom. The molecule has 2 fully saturated rings. The van der Waals surface area contributed by atoms with E-state index in [4.69, 9.17) is 10.5 Å². The summed E-state index contributed by atoms with van der Waals surface area (Å²) in [6.45, 7) is 1.66. The Morgan fingerprint density at radius 2 is 2.00 bits per heavy atom. The summed E-state index contributed by atoms with van der Waals surface area (Å²) >= 11 is 0. The van der Waals surface area contributed by atoms with Crippen LogP contribution in [-0.4, -0.2) is 52.4 Å². The van der Waals surface area contributed by atoms with Gasteiger partial charge in [-0.15, -0.1) is 0 Å². The molecule has 134 valence electrons. The maximum absolute atomic E-state index is 12.1. The van der Waals surface area contributed by atoms with Crippen LogP contribution in [0.5, 0.6) is 0 Å². The highest BCUT2D eigenvalue weighted by atomic mass is 32.2. The fraction of sp³-hybridized carbons (Fsp3) is 0.933. The van der Waals surface area contributed by atoms with E-state index in [1.165, 1.54) is 0 Å². The monoisotopic (exact) mass is 347 g/mol. The summed E-state index contributed by atoms with van der Waals surface area (Å²) in [7, 11) is -3.39. The van der Waals surface area contributed by atoms with Crippen LogP contribution in [0, 0.1) is 11.8 Å². The van der Waals surface area contributed by atoms with Crippen LogP contribution in [0.3, 0.4) is 0 Å². The number of carbonyl (C=O) groups is 1. The van der Waals surface area contributed by atoms with Crippen LogP contribution in [-0.2, 0) is 19.6 Å². The SMILES string of the molecule is NC[C@H]1CCC[C@H]1C(=O)NCCS(=O)(=O)NCC1CCCCO1. The van der Waals surface area contributed by atoms with Crippen LogP contribution in [0.15, 0.2) is 0 Å². The Morgan fingerprint density at radius 1 is 1.17 bits per heavy atom. The summed E-state index contributed by atoms with van der Waals surface area (Å²) in [5, 5.41) is 2.74. The molecule has 0 spiro atoms. The van der Waals surface area contributed by atoms with Gasteiger partial charge in [0, 0.05) is 25.6 Å². The van der Waals surface area contributed by atoms with Crippen molar-refractivity contribution in [1.82, 2.24) is 10.0 Å². The summed E-state index contributed by atoms with van der Waals surface area (Å²) in [6, 6.07) is 0. The number of rotatable bonds is 8. The molecule has 1 saturated carbocycles. The number of hydrogen-bond donors (Lipinski definition) is 3. The third-order valence-corrected chi connectivity index (χ3v) is 6.12. The number of carbonyl (C=O) groups excluding carboxylic acids is 1. The minimum atomic E-state index is -3.39. The first-order chi connectivity index (χ1) is 11.0. The molecule has 0 bridgehead atoms. The van der Waals surface area contributed by atoms with Gasteiger partial charge in [-0.1, -0.05) is 6.42 Å². The van der Waals surface area contributed by atoms with Crippen LogP contribution >= 0.6 is 0 Å². The Balaban J connectivity index is 1.66. The molecule has 1 amide bonds. The average molecular weight is 347 g/mol. The van der Waals surface area contributed by atoms with Crippen LogP contribution in [0.2, 0.25) is 0 Å². The highest BCUT2D eigenvalue weighted by Crippen LogP contribution is 2.30. The summed E-state index contributed by atoms with van der Waals surface area (Å²) in [6.07, 6.45) is 5.82. The molecule has 0 radical (unpaired) electrons. The lowest BCUT2D eigenvalue weighted by molar-refractivity contribution is -0.125. The molecule has 0 aromatic rings. The molecule has 8 heteroatoms. The van der Waals surface area contributed by atoms with Gasteiger partial charge in [0.2, 0.25) is 15.9 Å². The van der Waals surface area contributed by atoms with E-state index in [1.54, 1.807) is 0 Å². The van der Waals surface area contributed by atoms with E-state index in [0.717, 1.165) is 38.5 Å². The number of nitrogens with two attached hydrogens (primary N) is 1. The molecule has 7 nitrogen and oxygen atoms in total. The van der Waals surface area contributed by atoms with Crippen molar-refractivity contribution >= 4 is 15.9 Å². The molecule has 1 saturated heterocycles. The molecular weight excluding hydrogens is 318 g/mol. The Kier molecular flexibility index (Phi) is 7.26. The van der Waals surface area contributed by atoms with Gasteiger partial charge in [0.1, 0.15) is 0 Å². The van der Waals surface area contributed by atoms with E-state index in [9.17, 15) is 13.2 Å². The summed E-state index contributed by atoms with van der Waals surface area (Å²) in [4.78, 5) is 12.1. The van der Waals surface area contributed by atoms with Gasteiger partial charge in [-0.2, -0.15) is 0 Å². The van der Waals surface area contributed by atoms with Crippen LogP contribution in [0.25, 0.3) is 0 Å². The molecule has 1 unspecified atom stereocenters. The maximum Gasteiger partial charge on any atom is 0.223 e. The third kappa shape index (κ3) is 6.02. The Hall–Kier alpha value is -0.700. The first kappa shape index (κ1) is 18.6. The summed E-state index contributed by atoms with van der Waals surface area (Å²) < 4.78 is 32.0. The third-order valence-electron chi connectivity index (χ3n) is 4.77. The molecule has 1 aliphatic heterocycles. The molecule has 23 heavy (non-hydrogen) atoms. The zero-order valence-electron chi connectivity index (χ0n) is 13.6. The molecular formula is C15H29N3O4S. The lowest BCUT2D eigenvalue weighted by Crippen LogP contribution is -2.41. The fourth-order valence-electron chi connectivity index (χ4n) is 3.36. The Labute approximate surface area is 138 Å². The first-order valence-electron chi connectivity index (χ1n) is 8.58. The lowest BCUT2D eigenvalue weighted by Gasteiger charge is -2.22. The van der Waals surface area contributed by atoms with Gasteiger partial charge in [-0.05, 0) is 44.6 Å². The zero-order chi connectivity index (χ0) is 16.7. The molecule has 4 N–H and O–H groups in total. The van der Waals surface area contributed by atoms with Gasteiger partial charge in [0.05, 0.1) is 11.9 Å². The van der Waals surface area contributed by atoms with Crippen LogP contribution < -0.4 is 15.8 Å². The lowest BCUT2D eigenvalue weighted by atomic mass is 9.95. The summed E-state index contributed by atoms with van der Waals surface area (Å²) in [5.41, 5.74) is 5.67. The van der Waals surface area contributed by atoms with E-state index >= 15 is 0 Å². The molecule has 1 heterocycles. The number of ether oxygens (including phenoxy) is 1. The minimum Gasteiger partial charge on any atom is -0.377 e. The molecule has 2 aliphatic rings. The Bertz CT molecular complexity index is 477. The number of sulfonamides is 1. The first-order valence-corrected chi connectivity index (χ1v) is 10.2. The summed E-state index contributed by atoms with van der Waals surface area (Å²) in [5.74, 6) is -0.00545. The molecule has 3 atom stereocenters. The second-order valence-electron chi connectivity index (χ2n) is 6.48. The van der Waals surface area contributed by atoms with E-state index in [-0.39, 0.29) is 36.1 Å². The fourth-order valence-corrected chi connectivity index (χ4v) is 4.32. The highest BCUT2D eigenvalue weighted by Gasteiger charge is 2.31. The van der Waals surface area contributed by atoms with Gasteiger partial charge in [-0.3, -0.25) is 4.79 Å². The quantitative estimate of drug-likeness (QED) is 0.571. The van der Waals surface area contributed by atoms with Crippen molar-refractivity contribution in [3.63, 3.8) is 0 Å². The predicted octanol–water partition coefficient (Wildman–Crippen LogP) is -0.0339. The van der Waals surface area contributed by atoms with Crippen molar-refractivity contribution in [3.8, 4) is 0 Å². The normalized spacial score (nSPS) is 28.7. The molecule has 2 rings (SSSR count). The van der Waals surface area contributed by atoms with Gasteiger partial charge in [0.25, 0.3) is 0 Å². The largest absolute Gasteiger partial charge is 0.377 e. The van der Waals surface area contributed by atoms with Crippen molar-refractivity contribution in [2.24, 2.45) is 17.6 Å². The second kappa shape index (κ2) is 8.96. The molecule has 1 aliphatic carbocycles. The standard InChI is InChI=1S/C15H29N3O4S/c16-10-12-4-3-6-14(12)15(19)17-7-9-23(20,21)18-11-13-5-1-2-8-22-13/h12-14,18H,1-11,16H2,(H,17,19)/t12-,13?,14-/m1/s1. The van der Waals surface area contributed by atoms with Crippen molar-refractivity contribution in [3.05, 3.63) is 0 Å². The van der Waals surface area contributed by atoms with E-state index in [2.05, 4.69) is 10.0 Å². The van der Waals surface area contributed by atoms with Crippen LogP contribution in [0.1, 0.15) is 38.5 Å². The van der Waals surface area contributed by atoms with Crippen molar-refractivity contribution in [2.45, 2.75) is 44.6 Å². The van der Waals surface area contributed by atoms with Gasteiger partial charge < -0.3 is 15.8 Å². The topological polar surface area (TPSA) is 111 Å². The molecule has 0 aromatic carbocycles. The second-order valence-corrected chi connectivity index (χ2v) is 8.41. The average Bonchev–Trinajstić information content (AvgIpc) is 3.02. The van der Waals surface area contributed by atoms with Gasteiger partial charge in [-0.25, -0.2) is 13.1 Å². The predicted molar refractivity (Wildman–Crippen MR) is 88.3 cm³/mol. The van der Waals surface area contributed by atoms with Crippen molar-refractivity contribution in [2.75, 3.05) is 32.0 Å². The van der Waals surface area contributed by atoms with E-state index < -0.39 is 10.0 Å². The minimum absolute atomic E-state index is 0.0306. The van der Waals surface area contributed by atoms with E-state index in [0.29, 0.717) is 19.7 Å². The molecule has 0 aromatic heterocycles. The number of amides is 1. The number of hydrogen-bond acceptors (Lipinski definition) is 5. The zero-order valence-corrected chi connectivity index (χ0v) is 14.4. The van der Waals surface area contributed by atoms with E-state index in [1.807, 2.05) is 0 Å². The smallest absolute Gasteiger partial charge is 0.223 e. The number of nitrogens with one attached hydrogen (secondary N) is 2. The maximum atomic E-state index is 12.1. The van der Waals surface area contributed by atoms with Crippen LogP contribution in [0.4, 0.5) is 0 Å². The van der Waals surface area contributed by atoms with Crippen molar-refractivity contribution < 1.29 is 17.9 Å². The van der Waals surface area contributed by atoms with Gasteiger partial charge in [0.15, 0.2) is 0 Å². The van der Waals surface area contributed by atoms with Gasteiger partial charge >= 0.3 is 0 Å².